The van der Waals surface area contributed by atoms with E-state index in [1.807, 2.05) is 6.07 Å². The molecule has 3 rings (SSSR count). The summed E-state index contributed by atoms with van der Waals surface area (Å²) in [6.45, 7) is 4.79. The minimum Gasteiger partial charge on any atom is -0.324 e. The number of benzene rings is 1. The van der Waals surface area contributed by atoms with Crippen molar-refractivity contribution in [1.82, 2.24) is 9.78 Å². The van der Waals surface area contributed by atoms with Gasteiger partial charge in [0.15, 0.2) is 0 Å². The summed E-state index contributed by atoms with van der Waals surface area (Å²) in [7, 11) is 0. The molecule has 0 aliphatic carbocycles. The summed E-state index contributed by atoms with van der Waals surface area (Å²) in [6, 6.07) is 8.51. The average Bonchev–Trinajstić information content (AvgIpc) is 2.74. The number of fused-ring (bicyclic) bond motifs is 1. The summed E-state index contributed by atoms with van der Waals surface area (Å²) >= 11 is 0. The number of rotatable bonds is 2. The molecule has 0 bridgehead atoms. The second-order valence-corrected chi connectivity index (χ2v) is 6.54. The minimum absolute atomic E-state index is 0.0172. The first kappa shape index (κ1) is 18.3. The van der Waals surface area contributed by atoms with Gasteiger partial charge in [-0.1, -0.05) is 12.1 Å². The van der Waals surface area contributed by atoms with Gasteiger partial charge in [-0.3, -0.25) is 14.4 Å². The maximum Gasteiger partial charge on any atom is 0.285 e. The van der Waals surface area contributed by atoms with Gasteiger partial charge < -0.3 is 10.2 Å². The van der Waals surface area contributed by atoms with E-state index in [4.69, 9.17) is 0 Å². The van der Waals surface area contributed by atoms with E-state index in [0.29, 0.717) is 22.6 Å². The number of nitriles is 1. The van der Waals surface area contributed by atoms with Gasteiger partial charge in [-0.15, -0.1) is 0 Å². The summed E-state index contributed by atoms with van der Waals surface area (Å²) in [6.07, 6.45) is 0.138. The van der Waals surface area contributed by atoms with Crippen molar-refractivity contribution < 1.29 is 9.59 Å². The molecule has 1 aliphatic heterocycles. The quantitative estimate of drug-likeness (QED) is 0.867. The van der Waals surface area contributed by atoms with Crippen LogP contribution in [0.4, 0.5) is 11.4 Å². The van der Waals surface area contributed by atoms with Crippen LogP contribution < -0.4 is 15.8 Å². The van der Waals surface area contributed by atoms with E-state index >= 15 is 0 Å². The maximum absolute atomic E-state index is 13.1. The molecule has 1 atom stereocenters. The number of hydrogen-bond donors (Lipinski definition) is 1. The Balaban J connectivity index is 2.02. The highest BCUT2D eigenvalue weighted by atomic mass is 16.2. The summed E-state index contributed by atoms with van der Waals surface area (Å²) < 4.78 is 1.01. The number of carbonyl (C=O) groups excluding carboxylic acids is 2. The highest BCUT2D eigenvalue weighted by Crippen LogP contribution is 2.31. The fourth-order valence-corrected chi connectivity index (χ4v) is 3.18. The van der Waals surface area contributed by atoms with Gasteiger partial charge >= 0.3 is 0 Å². The molecule has 2 aromatic rings. The smallest absolute Gasteiger partial charge is 0.285 e. The van der Waals surface area contributed by atoms with E-state index in [0.717, 1.165) is 4.68 Å². The number of aromatic nitrogens is 2. The summed E-state index contributed by atoms with van der Waals surface area (Å²) in [5.74, 6) is -0.563. The third kappa shape index (κ3) is 3.31. The lowest BCUT2D eigenvalue weighted by atomic mass is 10.1. The van der Waals surface area contributed by atoms with Gasteiger partial charge in [0, 0.05) is 12.5 Å². The SMILES string of the molecule is Cc1nn(CC(=O)N2c3ccccc3NC(=O)C[C@H]2C)c(=O)c(C#N)c1C. The number of para-hydroxylation sites is 2. The number of nitrogens with one attached hydrogen (secondary N) is 1. The maximum atomic E-state index is 13.1. The van der Waals surface area contributed by atoms with Gasteiger partial charge in [0.05, 0.1) is 17.1 Å². The van der Waals surface area contributed by atoms with Crippen LogP contribution in [0, 0.1) is 25.2 Å². The van der Waals surface area contributed by atoms with E-state index in [2.05, 4.69) is 10.4 Å². The van der Waals surface area contributed by atoms with Gasteiger partial charge in [0.1, 0.15) is 18.2 Å². The molecular formula is C19H19N5O3. The second-order valence-electron chi connectivity index (χ2n) is 6.54. The Labute approximate surface area is 156 Å². The fourth-order valence-electron chi connectivity index (χ4n) is 3.18. The monoisotopic (exact) mass is 365 g/mol. The molecular weight excluding hydrogens is 346 g/mol. The Morgan fingerprint density at radius 1 is 1.33 bits per heavy atom. The minimum atomic E-state index is -0.598. The normalized spacial score (nSPS) is 16.1. The van der Waals surface area contributed by atoms with Crippen molar-refractivity contribution >= 4 is 23.2 Å². The molecule has 8 heteroatoms. The lowest BCUT2D eigenvalue weighted by molar-refractivity contribution is -0.120. The summed E-state index contributed by atoms with van der Waals surface area (Å²) in [4.78, 5) is 39.1. The zero-order valence-corrected chi connectivity index (χ0v) is 15.3. The summed E-state index contributed by atoms with van der Waals surface area (Å²) in [5, 5.41) is 16.2. The van der Waals surface area contributed by atoms with Crippen molar-refractivity contribution in [1.29, 1.82) is 5.26 Å². The van der Waals surface area contributed by atoms with Crippen LogP contribution in [0.5, 0.6) is 0 Å². The zero-order valence-electron chi connectivity index (χ0n) is 15.3. The Hall–Kier alpha value is -3.47. The van der Waals surface area contributed by atoms with E-state index in [9.17, 15) is 19.6 Å². The average molecular weight is 365 g/mol. The predicted octanol–water partition coefficient (Wildman–Crippen LogP) is 1.50. The number of amides is 2. The first-order valence-corrected chi connectivity index (χ1v) is 8.52. The number of aryl methyl sites for hydroxylation is 1. The highest BCUT2D eigenvalue weighted by molar-refractivity contribution is 6.04. The molecule has 0 saturated heterocycles. The van der Waals surface area contributed by atoms with E-state index in [1.54, 1.807) is 45.0 Å². The number of nitrogens with zero attached hydrogens (tertiary/aromatic N) is 4. The van der Waals surface area contributed by atoms with Crippen LogP contribution in [0.15, 0.2) is 29.1 Å². The Bertz CT molecular complexity index is 1030. The van der Waals surface area contributed by atoms with Crippen LogP contribution in [0.3, 0.4) is 0 Å². The van der Waals surface area contributed by atoms with Gasteiger partial charge in [-0.2, -0.15) is 10.4 Å². The fraction of sp³-hybridized carbons (Fsp3) is 0.316. The molecule has 1 aromatic carbocycles. The van der Waals surface area contributed by atoms with Gasteiger partial charge in [-0.05, 0) is 38.5 Å². The molecule has 0 spiro atoms. The number of hydrogen-bond acceptors (Lipinski definition) is 5. The van der Waals surface area contributed by atoms with Crippen molar-refractivity contribution in [3.63, 3.8) is 0 Å². The van der Waals surface area contributed by atoms with Crippen LogP contribution >= 0.6 is 0 Å². The topological polar surface area (TPSA) is 108 Å². The Kier molecular flexibility index (Phi) is 4.77. The van der Waals surface area contributed by atoms with Crippen LogP contribution in [-0.2, 0) is 16.1 Å². The third-order valence-electron chi connectivity index (χ3n) is 4.66. The van der Waals surface area contributed by atoms with Crippen molar-refractivity contribution in [3.05, 3.63) is 51.4 Å². The Morgan fingerprint density at radius 2 is 2.04 bits per heavy atom. The molecule has 27 heavy (non-hydrogen) atoms. The van der Waals surface area contributed by atoms with Crippen LogP contribution in [-0.4, -0.2) is 27.6 Å². The van der Waals surface area contributed by atoms with Crippen molar-refractivity contribution in [2.24, 2.45) is 0 Å². The van der Waals surface area contributed by atoms with Crippen LogP contribution in [0.2, 0.25) is 0 Å². The van der Waals surface area contributed by atoms with Crippen molar-refractivity contribution in [2.45, 2.75) is 39.8 Å². The molecule has 2 amide bonds. The zero-order chi connectivity index (χ0) is 19.7. The van der Waals surface area contributed by atoms with Gasteiger partial charge in [-0.25, -0.2) is 4.68 Å². The Morgan fingerprint density at radius 3 is 2.74 bits per heavy atom. The van der Waals surface area contributed by atoms with E-state index in [-0.39, 0.29) is 36.4 Å². The molecule has 1 aromatic heterocycles. The lowest BCUT2D eigenvalue weighted by Gasteiger charge is -2.28. The molecule has 2 heterocycles. The molecule has 8 nitrogen and oxygen atoms in total. The van der Waals surface area contributed by atoms with Crippen molar-refractivity contribution in [3.8, 4) is 6.07 Å². The molecule has 1 N–H and O–H groups in total. The first-order chi connectivity index (χ1) is 12.8. The molecule has 0 fully saturated rings. The first-order valence-electron chi connectivity index (χ1n) is 8.52. The lowest BCUT2D eigenvalue weighted by Crippen LogP contribution is -2.43. The van der Waals surface area contributed by atoms with Crippen LogP contribution in [0.25, 0.3) is 0 Å². The standard InChI is InChI=1S/C19H19N5O3/c1-11-8-17(25)21-15-6-4-5-7-16(15)24(11)18(26)10-23-19(27)14(9-20)12(2)13(3)22-23/h4-7,11H,8,10H2,1-3H3,(H,21,25)/t11-/m1/s1. The molecule has 0 radical (unpaired) electrons. The second kappa shape index (κ2) is 7.03. The van der Waals surface area contributed by atoms with E-state index in [1.165, 1.54) is 4.90 Å². The van der Waals surface area contributed by atoms with E-state index < -0.39 is 5.56 Å². The largest absolute Gasteiger partial charge is 0.324 e. The number of carbonyl (C=O) groups is 2. The molecule has 0 saturated carbocycles. The molecule has 0 unspecified atom stereocenters. The number of anilines is 2. The van der Waals surface area contributed by atoms with Crippen LogP contribution in [0.1, 0.15) is 30.2 Å². The third-order valence-corrected chi connectivity index (χ3v) is 4.66. The molecule has 1 aliphatic rings. The van der Waals surface area contributed by atoms with Gasteiger partial charge in [0.2, 0.25) is 11.8 Å². The van der Waals surface area contributed by atoms with Crippen molar-refractivity contribution in [2.75, 3.05) is 10.2 Å². The van der Waals surface area contributed by atoms with Gasteiger partial charge in [0.25, 0.3) is 5.56 Å². The predicted molar refractivity (Wildman–Crippen MR) is 99.3 cm³/mol. The highest BCUT2D eigenvalue weighted by Gasteiger charge is 2.30. The molecule has 138 valence electrons. The summed E-state index contributed by atoms with van der Waals surface area (Å²) in [5.41, 5.74) is 1.52.